The predicted molar refractivity (Wildman–Crippen MR) is 113 cm³/mol. The van der Waals surface area contributed by atoms with E-state index in [0.717, 1.165) is 19.4 Å². The Morgan fingerprint density at radius 3 is 3.00 bits per heavy atom. The van der Waals surface area contributed by atoms with Gasteiger partial charge in [0.25, 0.3) is 11.8 Å². The van der Waals surface area contributed by atoms with Crippen molar-refractivity contribution in [3.05, 3.63) is 74.9 Å². The molecule has 7 nitrogen and oxygen atoms in total. The van der Waals surface area contributed by atoms with Crippen LogP contribution in [-0.4, -0.2) is 35.6 Å². The van der Waals surface area contributed by atoms with Crippen molar-refractivity contribution in [2.24, 2.45) is 4.99 Å². The fraction of sp³-hybridized carbons (Fsp3) is 0.286. The van der Waals surface area contributed by atoms with Crippen molar-refractivity contribution in [3.8, 4) is 0 Å². The first-order valence-corrected chi connectivity index (χ1v) is 10.8. The second-order valence-corrected chi connectivity index (χ2v) is 8.16. The summed E-state index contributed by atoms with van der Waals surface area (Å²) < 4.78 is 13.0. The van der Waals surface area contributed by atoms with Crippen LogP contribution in [0.3, 0.4) is 0 Å². The van der Waals surface area contributed by atoms with Gasteiger partial charge in [0.2, 0.25) is 0 Å². The lowest BCUT2D eigenvalue weighted by Gasteiger charge is -2.09. The molecular weight excluding hydrogens is 426 g/mol. The Kier molecular flexibility index (Phi) is 6.47. The number of hydrogen-bond donors (Lipinski definition) is 1. The van der Waals surface area contributed by atoms with Crippen LogP contribution in [0.15, 0.2) is 57.4 Å². The molecule has 156 valence electrons. The van der Waals surface area contributed by atoms with Gasteiger partial charge in [0.05, 0.1) is 12.6 Å². The monoisotopic (exact) mass is 445 g/mol. The van der Waals surface area contributed by atoms with Crippen LogP contribution in [0.5, 0.6) is 0 Å². The summed E-state index contributed by atoms with van der Waals surface area (Å²) in [7, 11) is 0. The van der Waals surface area contributed by atoms with Crippen molar-refractivity contribution in [3.63, 3.8) is 0 Å². The summed E-state index contributed by atoms with van der Waals surface area (Å²) in [6.45, 7) is 1.57. The number of thiazole rings is 1. The summed E-state index contributed by atoms with van der Waals surface area (Å²) in [4.78, 5) is 29.4. The molecule has 0 unspecified atom stereocenters. The van der Waals surface area contributed by atoms with Gasteiger partial charge >= 0.3 is 0 Å². The van der Waals surface area contributed by atoms with E-state index < -0.39 is 0 Å². The number of ether oxygens (including phenoxy) is 1. The van der Waals surface area contributed by atoms with Crippen LogP contribution in [-0.2, 0) is 11.3 Å². The molecule has 1 atom stereocenters. The molecule has 0 saturated carbocycles. The van der Waals surface area contributed by atoms with E-state index in [4.69, 9.17) is 20.8 Å². The van der Waals surface area contributed by atoms with Crippen LogP contribution in [0, 0.1) is 0 Å². The standard InChI is InChI=1S/C21H20ClN3O4S/c22-15-4-1-3-14(11-15)19(26)24-21-25(8-10-30-21)13-17-6-7-18(29-17)20(27)23-12-16-5-2-9-28-16/h1,3-4,6-8,10-11,16H,2,5,9,12-13H2,(H,23,27)/t16-/m0/s1. The Labute approximate surface area is 182 Å². The molecule has 1 aliphatic rings. The minimum Gasteiger partial charge on any atom is -0.454 e. The fourth-order valence-corrected chi connectivity index (χ4v) is 4.05. The minimum atomic E-state index is -0.373. The summed E-state index contributed by atoms with van der Waals surface area (Å²) in [5, 5.41) is 5.15. The van der Waals surface area contributed by atoms with Crippen molar-refractivity contribution < 1.29 is 18.7 Å². The van der Waals surface area contributed by atoms with Gasteiger partial charge in [-0.25, -0.2) is 0 Å². The van der Waals surface area contributed by atoms with Crippen molar-refractivity contribution in [2.45, 2.75) is 25.5 Å². The number of halogens is 1. The molecule has 0 bridgehead atoms. The third-order valence-electron chi connectivity index (χ3n) is 4.65. The van der Waals surface area contributed by atoms with Crippen molar-refractivity contribution in [1.29, 1.82) is 0 Å². The van der Waals surface area contributed by atoms with Crippen LogP contribution >= 0.6 is 22.9 Å². The van der Waals surface area contributed by atoms with Gasteiger partial charge in [-0.1, -0.05) is 17.7 Å². The smallest absolute Gasteiger partial charge is 0.287 e. The molecule has 1 aliphatic heterocycles. The number of amides is 2. The van der Waals surface area contributed by atoms with Crippen LogP contribution in [0.4, 0.5) is 0 Å². The lowest BCUT2D eigenvalue weighted by atomic mass is 10.2. The molecule has 2 amide bonds. The quantitative estimate of drug-likeness (QED) is 0.629. The summed E-state index contributed by atoms with van der Waals surface area (Å²) in [5.41, 5.74) is 0.422. The Morgan fingerprint density at radius 1 is 1.30 bits per heavy atom. The highest BCUT2D eigenvalue weighted by Crippen LogP contribution is 2.13. The number of carbonyl (C=O) groups is 2. The average molecular weight is 446 g/mol. The molecule has 3 aromatic rings. The normalized spacial score (nSPS) is 16.7. The van der Waals surface area contributed by atoms with Gasteiger partial charge in [-0.05, 0) is 43.2 Å². The topological polar surface area (TPSA) is 85.8 Å². The van der Waals surface area contributed by atoms with Crippen molar-refractivity contribution >= 4 is 34.8 Å². The minimum absolute atomic E-state index is 0.0750. The zero-order valence-electron chi connectivity index (χ0n) is 16.0. The highest BCUT2D eigenvalue weighted by Gasteiger charge is 2.18. The van der Waals surface area contributed by atoms with E-state index in [2.05, 4.69) is 10.3 Å². The molecule has 1 N–H and O–H groups in total. The molecule has 0 radical (unpaired) electrons. The van der Waals surface area contributed by atoms with Crippen molar-refractivity contribution in [2.75, 3.05) is 13.2 Å². The Hall–Kier alpha value is -2.68. The maximum atomic E-state index is 12.4. The van der Waals surface area contributed by atoms with Gasteiger partial charge in [-0.15, -0.1) is 11.3 Å². The molecule has 0 aliphatic carbocycles. The maximum Gasteiger partial charge on any atom is 0.287 e. The molecule has 30 heavy (non-hydrogen) atoms. The van der Waals surface area contributed by atoms with E-state index in [1.807, 2.05) is 11.6 Å². The van der Waals surface area contributed by atoms with E-state index in [9.17, 15) is 9.59 Å². The number of nitrogens with zero attached hydrogens (tertiary/aromatic N) is 2. The van der Waals surface area contributed by atoms with Gasteiger partial charge < -0.3 is 19.0 Å². The first-order chi connectivity index (χ1) is 14.6. The number of aromatic nitrogens is 1. The van der Waals surface area contributed by atoms with Crippen LogP contribution < -0.4 is 10.1 Å². The van der Waals surface area contributed by atoms with Gasteiger partial charge in [0.15, 0.2) is 10.6 Å². The summed E-state index contributed by atoms with van der Waals surface area (Å²) in [6, 6.07) is 10.1. The van der Waals surface area contributed by atoms with E-state index >= 15 is 0 Å². The van der Waals surface area contributed by atoms with Gasteiger partial charge in [-0.2, -0.15) is 4.99 Å². The molecule has 0 spiro atoms. The second kappa shape index (κ2) is 9.42. The van der Waals surface area contributed by atoms with Crippen LogP contribution in [0.2, 0.25) is 5.02 Å². The zero-order chi connectivity index (χ0) is 20.9. The first kappa shape index (κ1) is 20.6. The number of furan rings is 1. The van der Waals surface area contributed by atoms with Gasteiger partial charge in [0, 0.05) is 35.3 Å². The van der Waals surface area contributed by atoms with Gasteiger partial charge in [-0.3, -0.25) is 9.59 Å². The van der Waals surface area contributed by atoms with Crippen LogP contribution in [0.1, 0.15) is 39.5 Å². The lowest BCUT2D eigenvalue weighted by Crippen LogP contribution is -2.31. The van der Waals surface area contributed by atoms with E-state index in [-0.39, 0.29) is 23.7 Å². The number of nitrogens with one attached hydrogen (secondary N) is 1. The Morgan fingerprint density at radius 2 is 2.20 bits per heavy atom. The summed E-state index contributed by atoms with van der Waals surface area (Å²) in [5.74, 6) is 0.190. The highest BCUT2D eigenvalue weighted by atomic mass is 35.5. The van der Waals surface area contributed by atoms with E-state index in [0.29, 0.717) is 34.2 Å². The van der Waals surface area contributed by atoms with Crippen molar-refractivity contribution in [1.82, 2.24) is 9.88 Å². The van der Waals surface area contributed by atoms with Crippen LogP contribution in [0.25, 0.3) is 0 Å². The van der Waals surface area contributed by atoms with Gasteiger partial charge in [0.1, 0.15) is 5.76 Å². The molecule has 9 heteroatoms. The largest absolute Gasteiger partial charge is 0.454 e. The fourth-order valence-electron chi connectivity index (χ4n) is 3.13. The number of carbonyl (C=O) groups excluding carboxylic acids is 2. The third-order valence-corrected chi connectivity index (χ3v) is 5.68. The molecule has 3 heterocycles. The second-order valence-electron chi connectivity index (χ2n) is 6.85. The summed E-state index contributed by atoms with van der Waals surface area (Å²) >= 11 is 7.29. The first-order valence-electron chi connectivity index (χ1n) is 9.55. The number of benzene rings is 1. The molecule has 1 aromatic carbocycles. The summed E-state index contributed by atoms with van der Waals surface area (Å²) in [6.07, 6.45) is 3.87. The average Bonchev–Trinajstić information content (AvgIpc) is 3.49. The van der Waals surface area contributed by atoms with E-state index in [1.54, 1.807) is 41.0 Å². The molecule has 1 saturated heterocycles. The number of hydrogen-bond acceptors (Lipinski definition) is 5. The van der Waals surface area contributed by atoms with E-state index in [1.165, 1.54) is 11.3 Å². The zero-order valence-corrected chi connectivity index (χ0v) is 17.6. The molecule has 4 rings (SSSR count). The Bertz CT molecular complexity index is 1110. The molecule has 2 aromatic heterocycles. The Balaban J connectivity index is 1.42. The lowest BCUT2D eigenvalue weighted by molar-refractivity contribution is 0.0833. The maximum absolute atomic E-state index is 12.4. The SMILES string of the molecule is O=C(N=c1sccn1Cc1ccc(C(=O)NC[C@@H]2CCCO2)o1)c1cccc(Cl)c1. The molecule has 1 fully saturated rings. The third kappa shape index (κ3) is 5.08. The predicted octanol–water partition coefficient (Wildman–Crippen LogP) is 3.49. The highest BCUT2D eigenvalue weighted by molar-refractivity contribution is 7.07. The number of rotatable bonds is 6. The molecular formula is C21H20ClN3O4S.